The predicted octanol–water partition coefficient (Wildman–Crippen LogP) is 1.75. The van der Waals surface area contributed by atoms with Crippen LogP contribution in [-0.2, 0) is 19.4 Å². The van der Waals surface area contributed by atoms with Gasteiger partial charge in [0.05, 0.1) is 12.0 Å². The highest BCUT2D eigenvalue weighted by Crippen LogP contribution is 2.37. The third-order valence-electron chi connectivity index (χ3n) is 2.25. The molecule has 1 aliphatic heterocycles. The molecule has 0 radical (unpaired) electrons. The summed E-state index contributed by atoms with van der Waals surface area (Å²) in [5.74, 6) is -0.844. The molecule has 84 valence electrons. The molecule has 1 aliphatic rings. The molecule has 0 unspecified atom stereocenters. The van der Waals surface area contributed by atoms with Crippen LogP contribution in [-0.4, -0.2) is 21.5 Å². The molecule has 1 aromatic carbocycles. The Hall–Kier alpha value is -1.14. The van der Waals surface area contributed by atoms with Crippen LogP contribution >= 0.6 is 15.9 Å². The molecule has 0 N–H and O–H groups in total. The topological polar surface area (TPSA) is 60.4 Å². The van der Waals surface area contributed by atoms with Crippen LogP contribution in [0.5, 0.6) is 0 Å². The Morgan fingerprint density at radius 2 is 2.06 bits per heavy atom. The molecule has 6 heteroatoms. The Morgan fingerprint density at radius 3 is 2.62 bits per heavy atom. The van der Waals surface area contributed by atoms with Crippen LogP contribution in [0.2, 0.25) is 0 Å². The molecule has 16 heavy (non-hydrogen) atoms. The summed E-state index contributed by atoms with van der Waals surface area (Å²) in [5, 5.41) is 0. The zero-order valence-corrected chi connectivity index (χ0v) is 10.6. The highest BCUT2D eigenvalue weighted by atomic mass is 79.9. The van der Waals surface area contributed by atoms with E-state index in [1.807, 2.05) is 0 Å². The molecule has 0 saturated carbocycles. The van der Waals surface area contributed by atoms with Crippen molar-refractivity contribution < 1.29 is 17.9 Å². The van der Waals surface area contributed by atoms with Crippen LogP contribution in [0.25, 0.3) is 6.08 Å². The average molecular weight is 303 g/mol. The Labute approximate surface area is 101 Å². The van der Waals surface area contributed by atoms with Gasteiger partial charge in [-0.05, 0) is 18.2 Å². The lowest BCUT2D eigenvalue weighted by atomic mass is 10.2. The number of fused-ring (bicyclic) bond motifs is 1. The van der Waals surface area contributed by atoms with Crippen molar-refractivity contribution in [3.8, 4) is 0 Å². The highest BCUT2D eigenvalue weighted by molar-refractivity contribution is 9.10. The van der Waals surface area contributed by atoms with Crippen molar-refractivity contribution in [2.24, 2.45) is 0 Å². The zero-order valence-electron chi connectivity index (χ0n) is 8.23. The Morgan fingerprint density at radius 1 is 1.38 bits per heavy atom. The van der Waals surface area contributed by atoms with Crippen molar-refractivity contribution in [3.05, 3.63) is 33.1 Å². The van der Waals surface area contributed by atoms with Gasteiger partial charge in [0, 0.05) is 10.0 Å². The van der Waals surface area contributed by atoms with E-state index in [2.05, 4.69) is 20.7 Å². The van der Waals surface area contributed by atoms with Crippen molar-refractivity contribution in [1.29, 1.82) is 0 Å². The molecule has 0 bridgehead atoms. The van der Waals surface area contributed by atoms with E-state index in [1.165, 1.54) is 12.1 Å². The third kappa shape index (κ3) is 1.49. The molecule has 0 saturated heterocycles. The van der Waals surface area contributed by atoms with E-state index in [1.54, 1.807) is 12.1 Å². The SMILES string of the molecule is COC(=O)C1=Cc2c(Br)cccc2S1(=O)=O. The maximum absolute atomic E-state index is 11.9. The van der Waals surface area contributed by atoms with Crippen molar-refractivity contribution in [2.45, 2.75) is 4.90 Å². The molecule has 2 rings (SSSR count). The smallest absolute Gasteiger partial charge is 0.349 e. The van der Waals surface area contributed by atoms with E-state index in [-0.39, 0.29) is 9.80 Å². The number of carbonyl (C=O) groups is 1. The average Bonchev–Trinajstić information content (AvgIpc) is 2.52. The van der Waals surface area contributed by atoms with Gasteiger partial charge in [0.1, 0.15) is 0 Å². The number of halogens is 1. The Balaban J connectivity index is 2.71. The molecule has 1 aromatic rings. The Bertz CT molecular complexity index is 601. The maximum Gasteiger partial charge on any atom is 0.349 e. The fourth-order valence-electron chi connectivity index (χ4n) is 1.49. The second-order valence-electron chi connectivity index (χ2n) is 3.16. The van der Waals surface area contributed by atoms with Crippen LogP contribution in [0.1, 0.15) is 5.56 Å². The molecule has 1 heterocycles. The van der Waals surface area contributed by atoms with Crippen molar-refractivity contribution in [2.75, 3.05) is 7.11 Å². The normalized spacial score (nSPS) is 16.5. The first-order valence-electron chi connectivity index (χ1n) is 4.32. The minimum Gasteiger partial charge on any atom is -0.465 e. The van der Waals surface area contributed by atoms with Crippen LogP contribution in [0.3, 0.4) is 0 Å². The van der Waals surface area contributed by atoms with Gasteiger partial charge in [0.2, 0.25) is 9.84 Å². The second kappa shape index (κ2) is 3.71. The number of hydrogen-bond acceptors (Lipinski definition) is 4. The van der Waals surface area contributed by atoms with Crippen LogP contribution in [0.4, 0.5) is 0 Å². The lowest BCUT2D eigenvalue weighted by Gasteiger charge is -2.01. The quantitative estimate of drug-likeness (QED) is 0.742. The monoisotopic (exact) mass is 302 g/mol. The van der Waals surface area contributed by atoms with Gasteiger partial charge in [0.25, 0.3) is 0 Å². The summed E-state index contributed by atoms with van der Waals surface area (Å²) >= 11 is 3.24. The van der Waals surface area contributed by atoms with Crippen LogP contribution < -0.4 is 0 Å². The van der Waals surface area contributed by atoms with Crippen LogP contribution in [0, 0.1) is 0 Å². The summed E-state index contributed by atoms with van der Waals surface area (Å²) in [6, 6.07) is 4.78. The molecule has 0 fully saturated rings. The van der Waals surface area contributed by atoms with Gasteiger partial charge < -0.3 is 4.74 Å². The van der Waals surface area contributed by atoms with Gasteiger partial charge in [-0.25, -0.2) is 13.2 Å². The second-order valence-corrected chi connectivity index (χ2v) is 5.90. The number of rotatable bonds is 1. The first-order valence-corrected chi connectivity index (χ1v) is 6.59. The summed E-state index contributed by atoms with van der Waals surface area (Å²) in [6.45, 7) is 0. The minimum atomic E-state index is -3.72. The zero-order chi connectivity index (χ0) is 11.9. The third-order valence-corrected chi connectivity index (χ3v) is 4.74. The summed E-state index contributed by atoms with van der Waals surface area (Å²) in [5.41, 5.74) is 0.489. The number of ether oxygens (including phenoxy) is 1. The first kappa shape index (κ1) is 11.3. The summed E-state index contributed by atoms with van der Waals surface area (Å²) in [4.78, 5) is 11.1. The fraction of sp³-hybridized carbons (Fsp3) is 0.100. The molecule has 0 spiro atoms. The molecule has 0 amide bonds. The van der Waals surface area contributed by atoms with Gasteiger partial charge in [-0.3, -0.25) is 0 Å². The largest absolute Gasteiger partial charge is 0.465 e. The summed E-state index contributed by atoms with van der Waals surface area (Å²) in [6.07, 6.45) is 1.32. The number of hydrogen-bond donors (Lipinski definition) is 0. The van der Waals surface area contributed by atoms with E-state index >= 15 is 0 Å². The van der Waals surface area contributed by atoms with Gasteiger partial charge >= 0.3 is 5.97 Å². The predicted molar refractivity (Wildman–Crippen MR) is 61.3 cm³/mol. The number of sulfone groups is 1. The molecular weight excluding hydrogens is 296 g/mol. The van der Waals surface area contributed by atoms with Crippen molar-refractivity contribution in [3.63, 3.8) is 0 Å². The van der Waals surface area contributed by atoms with Gasteiger partial charge in [-0.1, -0.05) is 22.0 Å². The molecular formula is C10H7BrO4S. The van der Waals surface area contributed by atoms with E-state index in [4.69, 9.17) is 0 Å². The maximum atomic E-state index is 11.9. The van der Waals surface area contributed by atoms with Crippen LogP contribution in [0.15, 0.2) is 32.5 Å². The number of carbonyl (C=O) groups excluding carboxylic acids is 1. The highest BCUT2D eigenvalue weighted by Gasteiger charge is 2.35. The van der Waals surface area contributed by atoms with E-state index < -0.39 is 15.8 Å². The first-order chi connectivity index (χ1) is 7.48. The van der Waals surface area contributed by atoms with Crippen molar-refractivity contribution in [1.82, 2.24) is 0 Å². The summed E-state index contributed by atoms with van der Waals surface area (Å²) < 4.78 is 29.0. The fourth-order valence-corrected chi connectivity index (χ4v) is 3.63. The van der Waals surface area contributed by atoms with E-state index in [9.17, 15) is 13.2 Å². The van der Waals surface area contributed by atoms with Gasteiger partial charge in [-0.15, -0.1) is 0 Å². The lowest BCUT2D eigenvalue weighted by molar-refractivity contribution is -0.135. The molecule has 4 nitrogen and oxygen atoms in total. The van der Waals surface area contributed by atoms with Crippen molar-refractivity contribution >= 4 is 37.8 Å². The standard InChI is InChI=1S/C10H7BrO4S/c1-15-10(12)9-5-6-7(11)3-2-4-8(6)16(9,13)14/h2-5H,1H3. The molecule has 0 aliphatic carbocycles. The van der Waals surface area contributed by atoms with E-state index in [0.717, 1.165) is 7.11 Å². The number of esters is 1. The summed E-state index contributed by atoms with van der Waals surface area (Å²) in [7, 11) is -2.57. The number of methoxy groups -OCH3 is 1. The molecule has 0 atom stereocenters. The van der Waals surface area contributed by atoms with Gasteiger partial charge in [-0.2, -0.15) is 0 Å². The Kier molecular flexibility index (Phi) is 2.63. The van der Waals surface area contributed by atoms with E-state index in [0.29, 0.717) is 10.0 Å². The minimum absolute atomic E-state index is 0.127. The van der Waals surface area contributed by atoms with Gasteiger partial charge in [0.15, 0.2) is 4.91 Å². The molecule has 0 aromatic heterocycles. The lowest BCUT2D eigenvalue weighted by Crippen LogP contribution is -2.11. The number of benzene rings is 1.